The van der Waals surface area contributed by atoms with Crippen molar-refractivity contribution >= 4 is 40.5 Å². The lowest BCUT2D eigenvalue weighted by atomic mass is 10.1. The van der Waals surface area contributed by atoms with Crippen LogP contribution >= 0.6 is 23.2 Å². The molecule has 1 aliphatic heterocycles. The number of carbonyl (C=O) groups excluding carboxylic acids is 1. The summed E-state index contributed by atoms with van der Waals surface area (Å²) in [5, 5.41) is 4.65. The molecule has 0 radical (unpaired) electrons. The molecule has 0 fully saturated rings. The lowest BCUT2D eigenvalue weighted by Crippen LogP contribution is -2.28. The van der Waals surface area contributed by atoms with Crippen molar-refractivity contribution < 1.29 is 4.79 Å². The fourth-order valence-electron chi connectivity index (χ4n) is 3.82. The number of carbonyl (C=O) groups is 1. The lowest BCUT2D eigenvalue weighted by Gasteiger charge is -2.22. The topological polar surface area (TPSA) is 32.3 Å². The van der Waals surface area contributed by atoms with E-state index in [1.165, 1.54) is 0 Å². The summed E-state index contributed by atoms with van der Waals surface area (Å²) in [6, 6.07) is 11.4. The maximum Gasteiger partial charge on any atom is 0.279 e. The van der Waals surface area contributed by atoms with Crippen molar-refractivity contribution in [2.24, 2.45) is 0 Å². The zero-order chi connectivity index (χ0) is 19.8. The maximum absolute atomic E-state index is 13.5. The molecule has 2 aliphatic rings. The van der Waals surface area contributed by atoms with E-state index in [1.54, 1.807) is 0 Å². The Morgan fingerprint density at radius 2 is 1.68 bits per heavy atom. The van der Waals surface area contributed by atoms with Gasteiger partial charge in [0.2, 0.25) is 0 Å². The fraction of sp³-hybridized carbons (Fsp3) is 0.261. The molecule has 0 saturated heterocycles. The van der Waals surface area contributed by atoms with Crippen LogP contribution in [0.15, 0.2) is 59.4 Å². The molecule has 0 aromatic heterocycles. The normalized spacial score (nSPS) is 16.8. The Balaban J connectivity index is 1.81. The Morgan fingerprint density at radius 3 is 2.46 bits per heavy atom. The highest BCUT2D eigenvalue weighted by Crippen LogP contribution is 2.41. The minimum Gasteiger partial charge on any atom is -0.350 e. The Labute approximate surface area is 175 Å². The van der Waals surface area contributed by atoms with Gasteiger partial charge >= 0.3 is 0 Å². The number of benzene rings is 2. The van der Waals surface area contributed by atoms with Gasteiger partial charge in [0.05, 0.1) is 11.4 Å². The van der Waals surface area contributed by atoms with Crippen molar-refractivity contribution in [3.05, 3.63) is 80.6 Å². The molecule has 1 amide bonds. The molecular weight excluding hydrogens is 391 g/mol. The average molecular weight is 413 g/mol. The number of rotatable bonds is 3. The third kappa shape index (κ3) is 3.45. The molecule has 5 heteroatoms. The van der Waals surface area contributed by atoms with Gasteiger partial charge in [0.15, 0.2) is 0 Å². The van der Waals surface area contributed by atoms with E-state index >= 15 is 0 Å². The van der Waals surface area contributed by atoms with Gasteiger partial charge in [-0.3, -0.25) is 9.69 Å². The second-order valence-corrected chi connectivity index (χ2v) is 8.22. The summed E-state index contributed by atoms with van der Waals surface area (Å²) in [7, 11) is 0. The molecule has 1 aliphatic carbocycles. The van der Waals surface area contributed by atoms with Crippen molar-refractivity contribution in [2.75, 3.05) is 10.2 Å². The molecule has 3 nitrogen and oxygen atoms in total. The van der Waals surface area contributed by atoms with Gasteiger partial charge in [0, 0.05) is 21.3 Å². The Hall–Kier alpha value is -2.23. The first-order chi connectivity index (χ1) is 13.5. The van der Waals surface area contributed by atoms with Gasteiger partial charge in [-0.2, -0.15) is 0 Å². The van der Waals surface area contributed by atoms with Crippen LogP contribution < -0.4 is 10.2 Å². The highest BCUT2D eigenvalue weighted by Gasteiger charge is 2.37. The number of aryl methyl sites for hydroxylation is 2. The molecule has 0 spiro atoms. The second kappa shape index (κ2) is 7.65. The number of amides is 1. The summed E-state index contributed by atoms with van der Waals surface area (Å²) in [6.07, 6.45) is 6.19. The monoisotopic (exact) mass is 412 g/mol. The fourth-order valence-corrected chi connectivity index (χ4v) is 4.16. The second-order valence-electron chi connectivity index (χ2n) is 7.34. The van der Waals surface area contributed by atoms with E-state index in [-0.39, 0.29) is 5.91 Å². The average Bonchev–Trinajstić information content (AvgIpc) is 2.81. The number of allylic oxidation sites excluding steroid dienone is 2. The molecule has 144 valence electrons. The van der Waals surface area contributed by atoms with Crippen LogP contribution in [0.25, 0.3) is 0 Å². The zero-order valence-electron chi connectivity index (χ0n) is 16.0. The molecule has 0 saturated carbocycles. The molecule has 2 aromatic carbocycles. The molecule has 2 aromatic rings. The van der Waals surface area contributed by atoms with E-state index in [4.69, 9.17) is 23.2 Å². The highest BCUT2D eigenvalue weighted by atomic mass is 35.5. The predicted octanol–water partition coefficient (Wildman–Crippen LogP) is 6.78. The van der Waals surface area contributed by atoms with Crippen molar-refractivity contribution in [1.29, 1.82) is 0 Å². The molecule has 1 heterocycles. The lowest BCUT2D eigenvalue weighted by molar-refractivity contribution is -0.114. The van der Waals surface area contributed by atoms with Crippen LogP contribution in [0.1, 0.15) is 36.8 Å². The molecule has 28 heavy (non-hydrogen) atoms. The summed E-state index contributed by atoms with van der Waals surface area (Å²) in [5.41, 5.74) is 6.44. The largest absolute Gasteiger partial charge is 0.350 e. The number of hydrogen-bond acceptors (Lipinski definition) is 2. The van der Waals surface area contributed by atoms with Crippen LogP contribution in [0.3, 0.4) is 0 Å². The Bertz CT molecular complexity index is 1020. The van der Waals surface area contributed by atoms with Gasteiger partial charge in [-0.15, -0.1) is 0 Å². The Morgan fingerprint density at radius 1 is 0.964 bits per heavy atom. The van der Waals surface area contributed by atoms with Gasteiger partial charge in [0.1, 0.15) is 5.70 Å². The summed E-state index contributed by atoms with van der Waals surface area (Å²) in [4.78, 5) is 15.3. The smallest absolute Gasteiger partial charge is 0.279 e. The summed E-state index contributed by atoms with van der Waals surface area (Å²) in [6.45, 7) is 4.01. The van der Waals surface area contributed by atoms with Crippen LogP contribution in [-0.4, -0.2) is 5.91 Å². The zero-order valence-corrected chi connectivity index (χ0v) is 17.5. The minimum absolute atomic E-state index is 0.0482. The maximum atomic E-state index is 13.5. The van der Waals surface area contributed by atoms with Gasteiger partial charge < -0.3 is 5.32 Å². The minimum atomic E-state index is -0.0482. The molecule has 0 atom stereocenters. The van der Waals surface area contributed by atoms with E-state index in [0.29, 0.717) is 15.7 Å². The van der Waals surface area contributed by atoms with Gasteiger partial charge in [-0.1, -0.05) is 41.4 Å². The Kier molecular flexibility index (Phi) is 5.22. The van der Waals surface area contributed by atoms with Crippen molar-refractivity contribution in [3.63, 3.8) is 0 Å². The number of hydrogen-bond donors (Lipinski definition) is 1. The van der Waals surface area contributed by atoms with Crippen molar-refractivity contribution in [3.8, 4) is 0 Å². The molecule has 0 unspecified atom stereocenters. The van der Waals surface area contributed by atoms with Crippen molar-refractivity contribution in [1.82, 2.24) is 0 Å². The van der Waals surface area contributed by atoms with Gasteiger partial charge in [0.25, 0.3) is 5.91 Å². The van der Waals surface area contributed by atoms with Gasteiger partial charge in [-0.25, -0.2) is 0 Å². The number of fused-ring (bicyclic) bond motifs is 1. The third-order valence-corrected chi connectivity index (χ3v) is 5.83. The molecule has 0 bridgehead atoms. The van der Waals surface area contributed by atoms with Crippen LogP contribution in [-0.2, 0) is 4.79 Å². The molecular formula is C23H22Cl2N2O. The summed E-state index contributed by atoms with van der Waals surface area (Å²) in [5.74, 6) is -0.0482. The van der Waals surface area contributed by atoms with Crippen LogP contribution in [0.2, 0.25) is 10.0 Å². The third-order valence-electron chi connectivity index (χ3n) is 5.36. The predicted molar refractivity (Wildman–Crippen MR) is 117 cm³/mol. The van der Waals surface area contributed by atoms with E-state index in [2.05, 4.69) is 11.4 Å². The summed E-state index contributed by atoms with van der Waals surface area (Å²) >= 11 is 12.4. The number of halogens is 2. The number of nitrogens with one attached hydrogen (secondary N) is 1. The van der Waals surface area contributed by atoms with Crippen LogP contribution in [0.4, 0.5) is 11.4 Å². The first-order valence-corrected chi connectivity index (χ1v) is 10.3. The first-order valence-electron chi connectivity index (χ1n) is 9.53. The quantitative estimate of drug-likeness (QED) is 0.602. The summed E-state index contributed by atoms with van der Waals surface area (Å²) < 4.78 is 0. The standard InChI is InChI=1S/C23H22Cl2N2O/c1-14-8-10-16(24)12-19(14)26-22-18-6-4-3-5-7-20(18)27(23(22)28)21-13-17(25)11-9-15(21)2/h7-13,26H,3-6H2,1-2H3. The van der Waals surface area contributed by atoms with Crippen LogP contribution in [0, 0.1) is 13.8 Å². The van der Waals surface area contributed by atoms with E-state index < -0.39 is 0 Å². The van der Waals surface area contributed by atoms with Crippen LogP contribution in [0.5, 0.6) is 0 Å². The van der Waals surface area contributed by atoms with Gasteiger partial charge in [-0.05, 0) is 74.9 Å². The first kappa shape index (κ1) is 19.1. The van der Waals surface area contributed by atoms with E-state index in [0.717, 1.165) is 59.5 Å². The molecule has 1 N–H and O–H groups in total. The van der Waals surface area contributed by atoms with Crippen molar-refractivity contribution in [2.45, 2.75) is 39.5 Å². The molecule has 4 rings (SSSR count). The van der Waals surface area contributed by atoms with E-state index in [9.17, 15) is 4.79 Å². The van der Waals surface area contributed by atoms with E-state index in [1.807, 2.05) is 55.1 Å². The highest BCUT2D eigenvalue weighted by molar-refractivity contribution is 6.31. The number of nitrogens with zero attached hydrogens (tertiary/aromatic N) is 1. The number of anilines is 2. The SMILES string of the molecule is Cc1ccc(Cl)cc1NC1=C2CCCCC=C2N(c2cc(Cl)ccc2C)C1=O.